The number of esters is 2. The van der Waals surface area contributed by atoms with E-state index in [4.69, 9.17) is 14.2 Å². The average Bonchev–Trinajstić information content (AvgIpc) is 3.00. The number of hydrogen-bond donors (Lipinski definition) is 0. The molecule has 0 aromatic heterocycles. The second kappa shape index (κ2) is 6.54. The molecule has 1 aliphatic heterocycles. The van der Waals surface area contributed by atoms with Crippen LogP contribution in [0.5, 0.6) is 0 Å². The number of hydrogen-bond acceptors (Lipinski definition) is 6. The number of alkyl halides is 4. The molecule has 0 N–H and O–H groups in total. The zero-order valence-corrected chi connectivity index (χ0v) is 16.2. The molecule has 29 heavy (non-hydrogen) atoms. The largest absolute Gasteiger partial charge is 0.490 e. The Kier molecular flexibility index (Phi) is 4.70. The van der Waals surface area contributed by atoms with Gasteiger partial charge in [-0.25, -0.2) is 14.0 Å². The van der Waals surface area contributed by atoms with Crippen molar-refractivity contribution in [2.45, 2.75) is 75.3 Å². The van der Waals surface area contributed by atoms with E-state index in [0.29, 0.717) is 25.2 Å². The van der Waals surface area contributed by atoms with Crippen LogP contribution in [0.4, 0.5) is 17.6 Å². The summed E-state index contributed by atoms with van der Waals surface area (Å²) in [6.07, 6.45) is -2.70. The molecule has 1 heterocycles. The van der Waals surface area contributed by atoms with Crippen LogP contribution in [0, 0.1) is 17.8 Å². The van der Waals surface area contributed by atoms with Gasteiger partial charge in [0.2, 0.25) is 5.67 Å². The number of halogens is 4. The monoisotopic (exact) mass is 424 g/mol. The predicted octanol–water partition coefficient (Wildman–Crippen LogP) is 3.07. The smallest absolute Gasteiger partial charge is 0.457 e. The maximum absolute atomic E-state index is 14.0. The molecule has 6 nitrogen and oxygen atoms in total. The van der Waals surface area contributed by atoms with Gasteiger partial charge in [-0.1, -0.05) is 0 Å². The van der Waals surface area contributed by atoms with Gasteiger partial charge in [0.25, 0.3) is 0 Å². The van der Waals surface area contributed by atoms with Crippen LogP contribution in [0.1, 0.15) is 46.0 Å². The molecular weight excluding hydrogens is 400 g/mol. The van der Waals surface area contributed by atoms with Crippen molar-refractivity contribution < 1.29 is 46.1 Å². The van der Waals surface area contributed by atoms with Crippen molar-refractivity contribution in [1.29, 1.82) is 0 Å². The van der Waals surface area contributed by atoms with Crippen molar-refractivity contribution in [3.8, 4) is 0 Å². The summed E-state index contributed by atoms with van der Waals surface area (Å²) in [7, 11) is 0. The molecule has 5 aliphatic rings. The zero-order valence-electron chi connectivity index (χ0n) is 16.2. The summed E-state index contributed by atoms with van der Waals surface area (Å²) in [5.41, 5.74) is -2.84. The van der Waals surface area contributed by atoms with Crippen molar-refractivity contribution >= 4 is 11.9 Å². The molecule has 0 amide bonds. The average molecular weight is 424 g/mol. The van der Waals surface area contributed by atoms with Crippen LogP contribution >= 0.6 is 0 Å². The van der Waals surface area contributed by atoms with Gasteiger partial charge in [0.05, 0.1) is 6.61 Å². The summed E-state index contributed by atoms with van der Waals surface area (Å²) >= 11 is 0. The summed E-state index contributed by atoms with van der Waals surface area (Å²) in [6.45, 7) is 1.80. The highest BCUT2D eigenvalue weighted by Crippen LogP contribution is 2.64. The van der Waals surface area contributed by atoms with E-state index in [-0.39, 0.29) is 18.4 Å². The Hall–Kier alpha value is -1.42. The van der Waals surface area contributed by atoms with Crippen LogP contribution in [0.2, 0.25) is 0 Å². The third kappa shape index (κ3) is 3.62. The van der Waals surface area contributed by atoms with E-state index in [9.17, 15) is 27.2 Å². The standard InChI is InChI=1S/C19H24F4O6/c1-16(2,20)14(24)29-17-5-10-3-11(6-17)18(12(4-10)7-17)27-9-13(28-18)8-26-15(25)19(21,22)23/h10-13H,3-9H2,1-2H3. The Balaban J connectivity index is 1.43. The van der Waals surface area contributed by atoms with Gasteiger partial charge in [0.15, 0.2) is 5.79 Å². The highest BCUT2D eigenvalue weighted by molar-refractivity contribution is 5.78. The van der Waals surface area contributed by atoms with Crippen LogP contribution in [-0.4, -0.2) is 54.5 Å². The number of ether oxygens (including phenoxy) is 4. The molecule has 0 aromatic rings. The Bertz CT molecular complexity index is 684. The quantitative estimate of drug-likeness (QED) is 0.510. The molecule has 0 aromatic carbocycles. The number of carbonyl (C=O) groups is 2. The van der Waals surface area contributed by atoms with Crippen LogP contribution < -0.4 is 0 Å². The van der Waals surface area contributed by atoms with E-state index < -0.39 is 47.9 Å². The maximum atomic E-state index is 14.0. The fourth-order valence-electron chi connectivity index (χ4n) is 5.61. The van der Waals surface area contributed by atoms with E-state index in [1.807, 2.05) is 0 Å². The summed E-state index contributed by atoms with van der Waals surface area (Å²) in [5.74, 6) is -4.07. The van der Waals surface area contributed by atoms with Gasteiger partial charge in [-0.2, -0.15) is 13.2 Å². The molecule has 0 radical (unpaired) electrons. The van der Waals surface area contributed by atoms with Crippen LogP contribution in [0.25, 0.3) is 0 Å². The zero-order chi connectivity index (χ0) is 21.2. The number of rotatable bonds is 4. The second-order valence-corrected chi connectivity index (χ2v) is 9.26. The summed E-state index contributed by atoms with van der Waals surface area (Å²) in [5, 5.41) is 0. The maximum Gasteiger partial charge on any atom is 0.490 e. The van der Waals surface area contributed by atoms with Crippen LogP contribution in [0.15, 0.2) is 0 Å². The second-order valence-electron chi connectivity index (χ2n) is 9.26. The van der Waals surface area contributed by atoms with E-state index in [2.05, 4.69) is 4.74 Å². The third-order valence-electron chi connectivity index (χ3n) is 6.54. The molecule has 3 unspecified atom stereocenters. The summed E-state index contributed by atoms with van der Waals surface area (Å²) in [4.78, 5) is 23.1. The molecule has 10 heteroatoms. The molecule has 4 bridgehead atoms. The van der Waals surface area contributed by atoms with E-state index in [0.717, 1.165) is 26.7 Å². The molecule has 4 aliphatic carbocycles. The van der Waals surface area contributed by atoms with E-state index in [1.54, 1.807) is 0 Å². The lowest BCUT2D eigenvalue weighted by Gasteiger charge is -2.62. The topological polar surface area (TPSA) is 71.1 Å². The summed E-state index contributed by atoms with van der Waals surface area (Å²) in [6, 6.07) is 0. The van der Waals surface area contributed by atoms with Gasteiger partial charge in [-0.3, -0.25) is 0 Å². The van der Waals surface area contributed by atoms with Gasteiger partial charge in [-0.15, -0.1) is 0 Å². The highest BCUT2D eigenvalue weighted by Gasteiger charge is 2.67. The first-order chi connectivity index (χ1) is 13.3. The van der Waals surface area contributed by atoms with E-state index in [1.165, 1.54) is 0 Å². The van der Waals surface area contributed by atoms with Crippen molar-refractivity contribution in [3.63, 3.8) is 0 Å². The van der Waals surface area contributed by atoms with Crippen LogP contribution in [-0.2, 0) is 28.5 Å². The van der Waals surface area contributed by atoms with Crippen molar-refractivity contribution in [1.82, 2.24) is 0 Å². The summed E-state index contributed by atoms with van der Waals surface area (Å²) < 4.78 is 72.9. The molecule has 1 saturated heterocycles. The normalized spacial score (nSPS) is 41.0. The molecule has 5 rings (SSSR count). The molecule has 1 spiro atoms. The minimum absolute atomic E-state index is 0.0209. The first kappa shape index (κ1) is 20.8. The molecular formula is C19H24F4O6. The molecule has 164 valence electrons. The van der Waals surface area contributed by atoms with Gasteiger partial charge >= 0.3 is 18.1 Å². The van der Waals surface area contributed by atoms with Gasteiger partial charge in [0, 0.05) is 11.8 Å². The SMILES string of the molecule is CC(C)(F)C(=O)OC12CC3CC(C1)C1(OCC(COC(=O)C(F)(F)F)O1)C(C3)C2. The minimum Gasteiger partial charge on any atom is -0.457 e. The fraction of sp³-hybridized carbons (Fsp3) is 0.895. The van der Waals surface area contributed by atoms with Gasteiger partial charge in [0.1, 0.15) is 18.3 Å². The lowest BCUT2D eigenvalue weighted by atomic mass is 9.51. The first-order valence-corrected chi connectivity index (χ1v) is 9.81. The minimum atomic E-state index is -5.06. The Morgan fingerprint density at radius 1 is 1.03 bits per heavy atom. The third-order valence-corrected chi connectivity index (χ3v) is 6.54. The van der Waals surface area contributed by atoms with E-state index >= 15 is 0 Å². The van der Waals surface area contributed by atoms with Crippen molar-refractivity contribution in [2.75, 3.05) is 13.2 Å². The first-order valence-electron chi connectivity index (χ1n) is 9.81. The van der Waals surface area contributed by atoms with Gasteiger partial charge < -0.3 is 18.9 Å². The predicted molar refractivity (Wildman–Crippen MR) is 88.1 cm³/mol. The Morgan fingerprint density at radius 3 is 2.21 bits per heavy atom. The Labute approximate surface area is 165 Å². The lowest BCUT2D eigenvalue weighted by molar-refractivity contribution is -0.321. The molecule has 3 atom stereocenters. The van der Waals surface area contributed by atoms with Crippen molar-refractivity contribution in [3.05, 3.63) is 0 Å². The number of carbonyl (C=O) groups excluding carboxylic acids is 2. The molecule has 4 saturated carbocycles. The van der Waals surface area contributed by atoms with Gasteiger partial charge in [-0.05, 0) is 51.9 Å². The lowest BCUT2D eigenvalue weighted by Crippen LogP contribution is -2.65. The van der Waals surface area contributed by atoms with Crippen LogP contribution in [0.3, 0.4) is 0 Å². The molecule has 5 fully saturated rings. The van der Waals surface area contributed by atoms with Crippen molar-refractivity contribution in [2.24, 2.45) is 17.8 Å². The fourth-order valence-corrected chi connectivity index (χ4v) is 5.61. The Morgan fingerprint density at radius 2 is 1.66 bits per heavy atom. The highest BCUT2D eigenvalue weighted by atomic mass is 19.4.